The molecule has 0 saturated heterocycles. The third kappa shape index (κ3) is 2.97. The number of rotatable bonds is 6. The van der Waals surface area contributed by atoms with Crippen molar-refractivity contribution in [3.05, 3.63) is 24.3 Å². The summed E-state index contributed by atoms with van der Waals surface area (Å²) in [5.41, 5.74) is 2.51. The summed E-state index contributed by atoms with van der Waals surface area (Å²) in [7, 11) is 0. The van der Waals surface area contributed by atoms with E-state index in [1.54, 1.807) is 0 Å². The van der Waals surface area contributed by atoms with E-state index < -0.39 is 0 Å². The molecule has 2 unspecified atom stereocenters. The van der Waals surface area contributed by atoms with Crippen LogP contribution in [0.15, 0.2) is 34.3 Å². The predicted octanol–water partition coefficient (Wildman–Crippen LogP) is 4.12. The topological polar surface area (TPSA) is 24.7 Å². The summed E-state index contributed by atoms with van der Waals surface area (Å²) < 4.78 is 0.121. The van der Waals surface area contributed by atoms with Crippen molar-refractivity contribution in [1.29, 1.82) is 0 Å². The van der Waals surface area contributed by atoms with E-state index in [1.807, 2.05) is 0 Å². The number of aliphatic imine (C=N–C) groups is 2. The van der Waals surface area contributed by atoms with Crippen LogP contribution in [0.4, 0.5) is 0 Å². The molecule has 0 fully saturated rings. The third-order valence-electron chi connectivity index (χ3n) is 3.71. The molecule has 3 heteroatoms. The molecule has 0 radical (unpaired) electrons. The zero-order chi connectivity index (χ0) is 13.9. The van der Waals surface area contributed by atoms with Crippen LogP contribution in [0.25, 0.3) is 0 Å². The van der Waals surface area contributed by atoms with Gasteiger partial charge in [-0.15, -0.1) is 0 Å². The van der Waals surface area contributed by atoms with E-state index in [1.165, 1.54) is 11.4 Å². The minimum atomic E-state index is 0.0431. The molecule has 2 rings (SSSR count). The van der Waals surface area contributed by atoms with Crippen LogP contribution in [0.2, 0.25) is 0 Å². The third-order valence-corrected chi connectivity index (χ3v) is 7.41. The van der Waals surface area contributed by atoms with E-state index in [-0.39, 0.29) is 25.4 Å². The predicted molar refractivity (Wildman–Crippen MR) is 79.8 cm³/mol. The quantitative estimate of drug-likeness (QED) is 0.647. The summed E-state index contributed by atoms with van der Waals surface area (Å²) in [6.45, 7) is 8.88. The summed E-state index contributed by atoms with van der Waals surface area (Å²) >= 11 is 0.0431. The molecule has 2 heterocycles. The Hall–Kier alpha value is -0.557. The van der Waals surface area contributed by atoms with Gasteiger partial charge in [0.15, 0.2) is 0 Å². The van der Waals surface area contributed by atoms with Gasteiger partial charge in [-0.25, -0.2) is 0 Å². The van der Waals surface area contributed by atoms with Gasteiger partial charge in [-0.1, -0.05) is 0 Å². The van der Waals surface area contributed by atoms with E-state index >= 15 is 0 Å². The van der Waals surface area contributed by atoms with Gasteiger partial charge in [0.1, 0.15) is 0 Å². The molecule has 0 aromatic rings. The Morgan fingerprint density at radius 1 is 0.842 bits per heavy atom. The minimum absolute atomic E-state index is 0.0431. The number of allylic oxidation sites excluding steroid dienone is 2. The van der Waals surface area contributed by atoms with Crippen LogP contribution in [0, 0.1) is 0 Å². The van der Waals surface area contributed by atoms with Gasteiger partial charge in [0, 0.05) is 0 Å². The molecule has 0 saturated carbocycles. The zero-order valence-electron chi connectivity index (χ0n) is 12.4. The van der Waals surface area contributed by atoms with Crippen molar-refractivity contribution >= 4 is 11.4 Å². The summed E-state index contributed by atoms with van der Waals surface area (Å²) in [6.07, 6.45) is 13.4. The standard InChI is InChI=1S/2C8H12N.Ru/c2*1-3-7-5-6-8(4-2)9-7;/h2*5-6H,3-4H2,1-2H3;. The van der Waals surface area contributed by atoms with Gasteiger partial charge in [-0.2, -0.15) is 0 Å². The average molecular weight is 345 g/mol. The first-order chi connectivity index (χ1) is 9.11. The fraction of sp³-hybridized carbons (Fsp3) is 0.625. The van der Waals surface area contributed by atoms with Gasteiger partial charge in [0.05, 0.1) is 0 Å². The molecule has 0 amide bonds. The van der Waals surface area contributed by atoms with E-state index in [0.717, 1.165) is 25.7 Å². The second-order valence-electron chi connectivity index (χ2n) is 4.97. The van der Waals surface area contributed by atoms with E-state index in [0.29, 0.717) is 0 Å². The number of hydrogen-bond donors (Lipinski definition) is 0. The van der Waals surface area contributed by atoms with Crippen molar-refractivity contribution < 1.29 is 17.1 Å². The molecular weight excluding hydrogens is 321 g/mol. The Morgan fingerprint density at radius 3 is 1.53 bits per heavy atom. The summed E-state index contributed by atoms with van der Waals surface area (Å²) in [4.78, 5) is 10.0. The fourth-order valence-corrected chi connectivity index (χ4v) is 5.53. The van der Waals surface area contributed by atoms with Gasteiger partial charge >= 0.3 is 124 Å². The normalized spacial score (nSPS) is 33.1. The molecule has 0 aromatic heterocycles. The molecule has 2 aliphatic rings. The van der Waals surface area contributed by atoms with Crippen LogP contribution in [0.5, 0.6) is 0 Å². The molecule has 2 nitrogen and oxygen atoms in total. The first-order valence-corrected chi connectivity index (χ1v) is 9.05. The van der Waals surface area contributed by atoms with E-state index in [4.69, 9.17) is 9.98 Å². The van der Waals surface area contributed by atoms with Gasteiger partial charge in [0.2, 0.25) is 0 Å². The zero-order valence-corrected chi connectivity index (χ0v) is 14.1. The monoisotopic (exact) mass is 346 g/mol. The molecule has 2 aliphatic heterocycles. The van der Waals surface area contributed by atoms with Gasteiger partial charge < -0.3 is 0 Å². The maximum atomic E-state index is 5.01. The average Bonchev–Trinajstić information content (AvgIpc) is 3.04. The molecule has 0 aliphatic carbocycles. The fourth-order valence-electron chi connectivity index (χ4n) is 2.34. The molecule has 2 atom stereocenters. The molecular formula is C16H24N2Ru. The Kier molecular flexibility index (Phi) is 4.55. The Labute approximate surface area is 124 Å². The van der Waals surface area contributed by atoms with Crippen LogP contribution >= 0.6 is 0 Å². The molecule has 0 aromatic carbocycles. The van der Waals surface area contributed by atoms with Crippen molar-refractivity contribution in [1.82, 2.24) is 0 Å². The number of hydrogen-bond acceptors (Lipinski definition) is 2. The Bertz CT molecular complexity index is 419. The molecule has 0 spiro atoms. The first kappa shape index (κ1) is 14.8. The van der Waals surface area contributed by atoms with Crippen LogP contribution in [-0.2, 0) is 17.1 Å². The molecule has 0 bridgehead atoms. The van der Waals surface area contributed by atoms with E-state index in [2.05, 4.69) is 52.0 Å². The molecule has 106 valence electrons. The second-order valence-corrected chi connectivity index (χ2v) is 8.41. The maximum absolute atomic E-state index is 5.01. The van der Waals surface area contributed by atoms with Crippen LogP contribution < -0.4 is 0 Å². The van der Waals surface area contributed by atoms with Gasteiger partial charge in [0.25, 0.3) is 0 Å². The first-order valence-electron chi connectivity index (χ1n) is 7.31. The summed E-state index contributed by atoms with van der Waals surface area (Å²) in [5.74, 6) is 0. The van der Waals surface area contributed by atoms with Crippen LogP contribution in [-0.4, -0.2) is 19.7 Å². The number of nitrogens with zero attached hydrogens (tertiary/aromatic N) is 2. The molecule has 0 N–H and O–H groups in total. The summed E-state index contributed by atoms with van der Waals surface area (Å²) in [5, 5.41) is 0. The van der Waals surface area contributed by atoms with Gasteiger partial charge in [-0.3, -0.25) is 0 Å². The summed E-state index contributed by atoms with van der Waals surface area (Å²) in [6, 6.07) is 0. The van der Waals surface area contributed by atoms with Crippen molar-refractivity contribution in [2.75, 3.05) is 0 Å². The van der Waals surface area contributed by atoms with Crippen molar-refractivity contribution in [3.63, 3.8) is 0 Å². The molecule has 19 heavy (non-hydrogen) atoms. The van der Waals surface area contributed by atoms with Crippen molar-refractivity contribution in [2.24, 2.45) is 9.98 Å². The van der Waals surface area contributed by atoms with E-state index in [9.17, 15) is 0 Å². The van der Waals surface area contributed by atoms with Gasteiger partial charge in [-0.05, 0) is 0 Å². The SMILES string of the molecule is CCC1=N[C](CC)([Ru][C]2(CC)C=CC(CC)=N2)C=C1. The Balaban J connectivity index is 2.24. The van der Waals surface area contributed by atoms with Crippen LogP contribution in [0.1, 0.15) is 53.4 Å². The van der Waals surface area contributed by atoms with Crippen molar-refractivity contribution in [2.45, 2.75) is 61.6 Å². The second kappa shape index (κ2) is 5.83. The Morgan fingerprint density at radius 2 is 1.26 bits per heavy atom. The van der Waals surface area contributed by atoms with Crippen LogP contribution in [0.3, 0.4) is 0 Å². The van der Waals surface area contributed by atoms with Crippen molar-refractivity contribution in [3.8, 4) is 0 Å².